The van der Waals surface area contributed by atoms with Crippen LogP contribution in [0.2, 0.25) is 0 Å². The van der Waals surface area contributed by atoms with Crippen molar-refractivity contribution in [3.8, 4) is 23.3 Å². The van der Waals surface area contributed by atoms with Crippen molar-refractivity contribution in [2.45, 2.75) is 10.8 Å². The molecule has 3 N–H and O–H groups in total. The number of hydrogen-bond acceptors (Lipinski definition) is 6. The largest absolute Gasteiger partial charge is 0.478 e. The molecule has 0 atom stereocenters. The van der Waals surface area contributed by atoms with Gasteiger partial charge in [-0.1, -0.05) is 42.5 Å². The van der Waals surface area contributed by atoms with Crippen molar-refractivity contribution < 1.29 is 9.90 Å². The fraction of sp³-hybridized carbons (Fsp3) is 0.0476. The zero-order valence-electron chi connectivity index (χ0n) is 14.6. The molecule has 7 heteroatoms. The van der Waals surface area contributed by atoms with E-state index in [-0.39, 0.29) is 22.5 Å². The monoisotopic (exact) mass is 386 g/mol. The number of thioether (sulfide) groups is 1. The number of nitrogens with two attached hydrogens (primary N) is 1. The van der Waals surface area contributed by atoms with Crippen LogP contribution in [0.15, 0.2) is 59.6 Å². The maximum absolute atomic E-state index is 11.1. The summed E-state index contributed by atoms with van der Waals surface area (Å²) in [4.78, 5) is 15.4. The van der Waals surface area contributed by atoms with E-state index in [9.17, 15) is 15.3 Å². The van der Waals surface area contributed by atoms with Crippen LogP contribution in [-0.4, -0.2) is 16.1 Å². The Morgan fingerprint density at radius 1 is 1.07 bits per heavy atom. The molecular formula is C21H14N4O2S. The summed E-state index contributed by atoms with van der Waals surface area (Å²) in [6, 6.07) is 19.8. The summed E-state index contributed by atoms with van der Waals surface area (Å²) in [6.07, 6.45) is 0. The molecule has 2 aromatic carbocycles. The van der Waals surface area contributed by atoms with Crippen molar-refractivity contribution >= 4 is 23.5 Å². The number of aromatic carboxylic acids is 1. The molecule has 0 radical (unpaired) electrons. The highest BCUT2D eigenvalue weighted by Crippen LogP contribution is 2.36. The third-order valence-electron chi connectivity index (χ3n) is 4.03. The molecule has 0 spiro atoms. The van der Waals surface area contributed by atoms with Gasteiger partial charge in [-0.15, -0.1) is 11.8 Å². The molecule has 0 amide bonds. The summed E-state index contributed by atoms with van der Waals surface area (Å²) in [7, 11) is 0. The Kier molecular flexibility index (Phi) is 5.59. The van der Waals surface area contributed by atoms with Gasteiger partial charge in [0.1, 0.15) is 28.5 Å². The van der Waals surface area contributed by atoms with Gasteiger partial charge in [0.2, 0.25) is 0 Å². The van der Waals surface area contributed by atoms with Gasteiger partial charge in [-0.25, -0.2) is 9.78 Å². The number of nitriles is 2. The minimum Gasteiger partial charge on any atom is -0.478 e. The first-order chi connectivity index (χ1) is 13.5. The van der Waals surface area contributed by atoms with Gasteiger partial charge in [-0.2, -0.15) is 10.5 Å². The Labute approximate surface area is 165 Å². The quantitative estimate of drug-likeness (QED) is 0.633. The number of benzene rings is 2. The van der Waals surface area contributed by atoms with E-state index < -0.39 is 5.97 Å². The second kappa shape index (κ2) is 8.26. The third-order valence-corrected chi connectivity index (χ3v) is 5.07. The van der Waals surface area contributed by atoms with Crippen LogP contribution in [0.3, 0.4) is 0 Å². The number of carboxylic acid groups (broad SMARTS) is 1. The van der Waals surface area contributed by atoms with Gasteiger partial charge in [0.25, 0.3) is 0 Å². The predicted octanol–water partition coefficient (Wildman–Crippen LogP) is 4.06. The summed E-state index contributed by atoms with van der Waals surface area (Å²) in [5, 5.41) is 28.8. The molecule has 3 aromatic rings. The number of pyridine rings is 1. The number of rotatable bonds is 5. The molecule has 6 nitrogen and oxygen atoms in total. The topological polar surface area (TPSA) is 124 Å². The lowest BCUT2D eigenvalue weighted by Crippen LogP contribution is -2.03. The summed E-state index contributed by atoms with van der Waals surface area (Å²) < 4.78 is 0. The molecule has 0 aliphatic heterocycles. The number of nitrogen functional groups attached to an aromatic ring is 1. The number of aromatic nitrogens is 1. The molecule has 0 bridgehead atoms. The zero-order valence-corrected chi connectivity index (χ0v) is 15.4. The van der Waals surface area contributed by atoms with Crippen LogP contribution in [0.5, 0.6) is 0 Å². The Balaban J connectivity index is 2.04. The van der Waals surface area contributed by atoms with E-state index >= 15 is 0 Å². The molecule has 136 valence electrons. The highest BCUT2D eigenvalue weighted by Gasteiger charge is 2.20. The first-order valence-corrected chi connectivity index (χ1v) is 9.17. The van der Waals surface area contributed by atoms with E-state index in [0.29, 0.717) is 21.9 Å². The Hall–Kier alpha value is -3.81. The van der Waals surface area contributed by atoms with Gasteiger partial charge in [0, 0.05) is 11.3 Å². The summed E-state index contributed by atoms with van der Waals surface area (Å²) in [5.41, 5.74) is 8.57. The van der Waals surface area contributed by atoms with Crippen molar-refractivity contribution in [3.63, 3.8) is 0 Å². The SMILES string of the molecule is N#Cc1c(N)nc(SCc2cccc(C(=O)O)c2)c(C#N)c1-c1ccccc1. The van der Waals surface area contributed by atoms with Crippen molar-refractivity contribution in [2.75, 3.05) is 5.73 Å². The normalized spacial score (nSPS) is 10.1. The molecule has 3 rings (SSSR count). The maximum atomic E-state index is 11.1. The molecule has 0 unspecified atom stereocenters. The van der Waals surface area contributed by atoms with Crippen molar-refractivity contribution in [2.24, 2.45) is 0 Å². The minimum atomic E-state index is -1.00. The summed E-state index contributed by atoms with van der Waals surface area (Å²) >= 11 is 1.27. The fourth-order valence-electron chi connectivity index (χ4n) is 2.74. The van der Waals surface area contributed by atoms with Crippen LogP contribution in [0.4, 0.5) is 5.82 Å². The first kappa shape index (κ1) is 19.0. The average Bonchev–Trinajstić information content (AvgIpc) is 2.72. The maximum Gasteiger partial charge on any atom is 0.335 e. The molecule has 0 saturated heterocycles. The van der Waals surface area contributed by atoms with Crippen molar-refractivity contribution in [1.82, 2.24) is 4.98 Å². The van der Waals surface area contributed by atoms with Gasteiger partial charge in [0.05, 0.1) is 11.1 Å². The number of nitrogens with zero attached hydrogens (tertiary/aromatic N) is 3. The molecule has 0 saturated carbocycles. The smallest absolute Gasteiger partial charge is 0.335 e. The van der Waals surface area contributed by atoms with Gasteiger partial charge in [0.15, 0.2) is 0 Å². The molecule has 28 heavy (non-hydrogen) atoms. The average molecular weight is 386 g/mol. The number of carbonyl (C=O) groups is 1. The molecule has 1 aromatic heterocycles. The third kappa shape index (κ3) is 3.80. The van der Waals surface area contributed by atoms with Crippen LogP contribution < -0.4 is 5.73 Å². The van der Waals surface area contributed by atoms with E-state index in [1.54, 1.807) is 30.3 Å². The fourth-order valence-corrected chi connectivity index (χ4v) is 3.68. The van der Waals surface area contributed by atoms with E-state index in [1.165, 1.54) is 17.8 Å². The number of carboxylic acids is 1. The Morgan fingerprint density at radius 2 is 1.79 bits per heavy atom. The molecule has 0 aliphatic rings. The standard InChI is InChI=1S/C21H14N4O2S/c22-10-16-18(14-6-2-1-3-7-14)17(11-23)20(25-19(16)24)28-12-13-5-4-8-15(9-13)21(26)27/h1-9H,12H2,(H2,24,25)(H,26,27). The second-order valence-electron chi connectivity index (χ2n) is 5.81. The van der Waals surface area contributed by atoms with Gasteiger partial charge in [-0.05, 0) is 23.3 Å². The van der Waals surface area contributed by atoms with Gasteiger partial charge in [-0.3, -0.25) is 0 Å². The molecule has 0 aliphatic carbocycles. The lowest BCUT2D eigenvalue weighted by atomic mass is 9.97. The van der Waals surface area contributed by atoms with Crippen LogP contribution >= 0.6 is 11.8 Å². The predicted molar refractivity (Wildman–Crippen MR) is 106 cm³/mol. The molecule has 0 fully saturated rings. The van der Waals surface area contributed by atoms with E-state index in [0.717, 1.165) is 5.56 Å². The van der Waals surface area contributed by atoms with Crippen LogP contribution in [0, 0.1) is 22.7 Å². The highest BCUT2D eigenvalue weighted by molar-refractivity contribution is 7.98. The minimum absolute atomic E-state index is 0.0575. The summed E-state index contributed by atoms with van der Waals surface area (Å²) in [5.74, 6) is -0.540. The Morgan fingerprint density at radius 3 is 2.43 bits per heavy atom. The lowest BCUT2D eigenvalue weighted by molar-refractivity contribution is 0.0696. The zero-order chi connectivity index (χ0) is 20.1. The van der Waals surface area contributed by atoms with Crippen LogP contribution in [0.1, 0.15) is 27.0 Å². The molecular weight excluding hydrogens is 372 g/mol. The number of anilines is 1. The van der Waals surface area contributed by atoms with E-state index in [4.69, 9.17) is 10.8 Å². The first-order valence-electron chi connectivity index (χ1n) is 8.19. The van der Waals surface area contributed by atoms with Crippen molar-refractivity contribution in [3.05, 3.63) is 76.9 Å². The number of hydrogen-bond donors (Lipinski definition) is 2. The van der Waals surface area contributed by atoms with E-state index in [2.05, 4.69) is 11.1 Å². The van der Waals surface area contributed by atoms with Crippen molar-refractivity contribution in [1.29, 1.82) is 10.5 Å². The summed E-state index contributed by atoms with van der Waals surface area (Å²) in [6.45, 7) is 0. The van der Waals surface area contributed by atoms with E-state index in [1.807, 2.05) is 24.3 Å². The van der Waals surface area contributed by atoms with Crippen LogP contribution in [-0.2, 0) is 5.75 Å². The van der Waals surface area contributed by atoms with Gasteiger partial charge >= 0.3 is 5.97 Å². The second-order valence-corrected chi connectivity index (χ2v) is 6.78. The molecule has 1 heterocycles. The van der Waals surface area contributed by atoms with Crippen LogP contribution in [0.25, 0.3) is 11.1 Å². The highest BCUT2D eigenvalue weighted by atomic mass is 32.2. The Bertz CT molecular complexity index is 1130. The lowest BCUT2D eigenvalue weighted by Gasteiger charge is -2.13. The van der Waals surface area contributed by atoms with Gasteiger partial charge < -0.3 is 10.8 Å².